The molecular weight excluding hydrogens is 406 g/mol. The molecule has 5 heteroatoms. The third kappa shape index (κ3) is 5.01. The number of ether oxygens (including phenoxy) is 2. The Morgan fingerprint density at radius 2 is 1.74 bits per heavy atom. The number of halogens is 1. The maximum atomic E-state index is 12.2. The van der Waals surface area contributed by atoms with Gasteiger partial charge in [0.05, 0.1) is 10.5 Å². The topological polar surface area (TPSA) is 47.6 Å². The van der Waals surface area contributed by atoms with Crippen LogP contribution >= 0.6 is 15.9 Å². The zero-order chi connectivity index (χ0) is 19.2. The molecule has 3 rings (SSSR count). The summed E-state index contributed by atoms with van der Waals surface area (Å²) >= 11 is 3.56. The van der Waals surface area contributed by atoms with Gasteiger partial charge in [0.2, 0.25) is 0 Å². The number of carbonyl (C=O) groups excluding carboxylic acids is 1. The molecule has 1 atom stereocenters. The summed E-state index contributed by atoms with van der Waals surface area (Å²) in [6.07, 6.45) is 0. The number of para-hydroxylation sites is 1. The van der Waals surface area contributed by atoms with Gasteiger partial charge in [-0.1, -0.05) is 48.5 Å². The smallest absolute Gasteiger partial charge is 0.258 e. The van der Waals surface area contributed by atoms with Crippen LogP contribution < -0.4 is 14.8 Å². The summed E-state index contributed by atoms with van der Waals surface area (Å²) in [6, 6.07) is 19.5. The van der Waals surface area contributed by atoms with Gasteiger partial charge in [0.15, 0.2) is 6.61 Å². The lowest BCUT2D eigenvalue weighted by atomic mass is 10.1. The van der Waals surface area contributed by atoms with Gasteiger partial charge >= 0.3 is 0 Å². The van der Waals surface area contributed by atoms with Crippen LogP contribution in [0, 0.1) is 6.92 Å². The van der Waals surface area contributed by atoms with Crippen LogP contribution in [0.2, 0.25) is 0 Å². The zero-order valence-corrected chi connectivity index (χ0v) is 17.0. The summed E-state index contributed by atoms with van der Waals surface area (Å²) in [6.45, 7) is 4.25. The van der Waals surface area contributed by atoms with E-state index in [2.05, 4.69) is 21.2 Å². The van der Waals surface area contributed by atoms with Crippen LogP contribution in [-0.2, 0) is 4.79 Å². The molecule has 0 aliphatic rings. The van der Waals surface area contributed by atoms with E-state index < -0.39 is 0 Å². The fourth-order valence-electron chi connectivity index (χ4n) is 2.76. The van der Waals surface area contributed by atoms with Crippen molar-refractivity contribution in [2.24, 2.45) is 0 Å². The van der Waals surface area contributed by atoms with Crippen molar-refractivity contribution in [3.8, 4) is 11.5 Å². The monoisotopic (exact) mass is 427 g/mol. The third-order valence-corrected chi connectivity index (χ3v) is 4.99. The van der Waals surface area contributed by atoms with Crippen LogP contribution in [0.1, 0.15) is 12.5 Å². The highest BCUT2D eigenvalue weighted by Crippen LogP contribution is 2.32. The minimum atomic E-state index is -0.184. The minimum Gasteiger partial charge on any atom is -0.491 e. The number of rotatable bonds is 7. The van der Waals surface area contributed by atoms with Crippen molar-refractivity contribution in [3.05, 3.63) is 70.7 Å². The molecule has 0 bridgehead atoms. The first-order chi connectivity index (χ1) is 13.0. The normalized spacial score (nSPS) is 11.8. The van der Waals surface area contributed by atoms with Crippen LogP contribution in [0.5, 0.6) is 11.5 Å². The fourth-order valence-corrected chi connectivity index (χ4v) is 3.37. The van der Waals surface area contributed by atoms with Gasteiger partial charge in [-0.05, 0) is 58.2 Å². The van der Waals surface area contributed by atoms with Crippen molar-refractivity contribution in [1.82, 2.24) is 5.32 Å². The average Bonchev–Trinajstić information content (AvgIpc) is 2.67. The molecule has 0 radical (unpaired) electrons. The lowest BCUT2D eigenvalue weighted by molar-refractivity contribution is -0.123. The molecule has 0 saturated carbocycles. The van der Waals surface area contributed by atoms with Gasteiger partial charge in [0, 0.05) is 0 Å². The molecule has 4 nitrogen and oxygen atoms in total. The SMILES string of the molecule is Cc1ccccc1OC[C@H](C)NC(=O)COc1ccc2ccccc2c1Br. The van der Waals surface area contributed by atoms with E-state index >= 15 is 0 Å². The Bertz CT molecular complexity index is 942. The number of fused-ring (bicyclic) bond motifs is 1. The Morgan fingerprint density at radius 3 is 2.56 bits per heavy atom. The molecule has 0 aromatic heterocycles. The summed E-state index contributed by atoms with van der Waals surface area (Å²) < 4.78 is 12.3. The molecule has 27 heavy (non-hydrogen) atoms. The highest BCUT2D eigenvalue weighted by molar-refractivity contribution is 9.10. The Kier molecular flexibility index (Phi) is 6.35. The number of hydrogen-bond acceptors (Lipinski definition) is 3. The molecule has 0 aliphatic carbocycles. The highest BCUT2D eigenvalue weighted by Gasteiger charge is 2.11. The molecule has 0 unspecified atom stereocenters. The van der Waals surface area contributed by atoms with Gasteiger partial charge in [0.1, 0.15) is 18.1 Å². The van der Waals surface area contributed by atoms with Crippen molar-refractivity contribution in [1.29, 1.82) is 0 Å². The number of benzene rings is 3. The second-order valence-corrected chi connectivity index (χ2v) is 7.23. The van der Waals surface area contributed by atoms with E-state index in [1.165, 1.54) is 0 Å². The van der Waals surface area contributed by atoms with Gasteiger partial charge in [-0.25, -0.2) is 0 Å². The van der Waals surface area contributed by atoms with Gasteiger partial charge in [-0.2, -0.15) is 0 Å². The second kappa shape index (κ2) is 8.91. The zero-order valence-electron chi connectivity index (χ0n) is 15.4. The standard InChI is InChI=1S/C22H22BrNO3/c1-15-7-3-6-10-19(15)26-13-16(2)24-21(25)14-27-20-12-11-17-8-4-5-9-18(17)22(20)23/h3-12,16H,13-14H2,1-2H3,(H,24,25)/t16-/m0/s1. The summed E-state index contributed by atoms with van der Waals surface area (Å²) in [5, 5.41) is 5.06. The molecule has 1 amide bonds. The highest BCUT2D eigenvalue weighted by atomic mass is 79.9. The Morgan fingerprint density at radius 1 is 1.00 bits per heavy atom. The van der Waals surface area contributed by atoms with Crippen LogP contribution in [0.4, 0.5) is 0 Å². The number of amides is 1. The van der Waals surface area contributed by atoms with Crippen LogP contribution in [-0.4, -0.2) is 25.2 Å². The van der Waals surface area contributed by atoms with Crippen molar-refractivity contribution < 1.29 is 14.3 Å². The van der Waals surface area contributed by atoms with Gasteiger partial charge < -0.3 is 14.8 Å². The molecule has 1 N–H and O–H groups in total. The third-order valence-electron chi connectivity index (χ3n) is 4.18. The predicted octanol–water partition coefficient (Wildman–Crippen LogP) is 4.87. The van der Waals surface area contributed by atoms with Crippen molar-refractivity contribution in [3.63, 3.8) is 0 Å². The van der Waals surface area contributed by atoms with E-state index in [4.69, 9.17) is 9.47 Å². The summed E-state index contributed by atoms with van der Waals surface area (Å²) in [7, 11) is 0. The van der Waals surface area contributed by atoms with Gasteiger partial charge in [-0.15, -0.1) is 0 Å². The van der Waals surface area contributed by atoms with Gasteiger partial charge in [-0.3, -0.25) is 4.79 Å². The first kappa shape index (κ1) is 19.2. The second-order valence-electron chi connectivity index (χ2n) is 6.43. The van der Waals surface area contributed by atoms with E-state index in [9.17, 15) is 4.79 Å². The number of aryl methyl sites for hydroxylation is 1. The summed E-state index contributed by atoms with van der Waals surface area (Å²) in [5.74, 6) is 1.29. The lowest BCUT2D eigenvalue weighted by Crippen LogP contribution is -2.39. The molecular formula is C22H22BrNO3. The van der Waals surface area contributed by atoms with E-state index in [0.29, 0.717) is 12.4 Å². The molecule has 3 aromatic rings. The van der Waals surface area contributed by atoms with E-state index in [1.807, 2.05) is 74.5 Å². The molecule has 0 fully saturated rings. The molecule has 0 spiro atoms. The number of hydrogen-bond donors (Lipinski definition) is 1. The molecule has 0 saturated heterocycles. The number of carbonyl (C=O) groups is 1. The fraction of sp³-hybridized carbons (Fsp3) is 0.227. The quantitative estimate of drug-likeness (QED) is 0.584. The molecule has 0 heterocycles. The van der Waals surface area contributed by atoms with Crippen molar-refractivity contribution >= 4 is 32.6 Å². The molecule has 0 aliphatic heterocycles. The summed E-state index contributed by atoms with van der Waals surface area (Å²) in [4.78, 5) is 12.2. The van der Waals surface area contributed by atoms with E-state index in [0.717, 1.165) is 26.6 Å². The Labute approximate surface area is 167 Å². The Hall–Kier alpha value is -2.53. The largest absolute Gasteiger partial charge is 0.491 e. The molecule has 140 valence electrons. The van der Waals surface area contributed by atoms with Crippen molar-refractivity contribution in [2.45, 2.75) is 19.9 Å². The number of nitrogens with one attached hydrogen (secondary N) is 1. The van der Waals surface area contributed by atoms with E-state index in [-0.39, 0.29) is 18.6 Å². The average molecular weight is 428 g/mol. The first-order valence-corrected chi connectivity index (χ1v) is 9.61. The summed E-state index contributed by atoms with van der Waals surface area (Å²) in [5.41, 5.74) is 1.07. The van der Waals surface area contributed by atoms with Crippen LogP contribution in [0.3, 0.4) is 0 Å². The maximum Gasteiger partial charge on any atom is 0.258 e. The minimum absolute atomic E-state index is 0.0500. The van der Waals surface area contributed by atoms with Crippen LogP contribution in [0.15, 0.2) is 65.1 Å². The van der Waals surface area contributed by atoms with E-state index in [1.54, 1.807) is 0 Å². The lowest BCUT2D eigenvalue weighted by Gasteiger charge is -2.16. The van der Waals surface area contributed by atoms with Crippen LogP contribution in [0.25, 0.3) is 10.8 Å². The maximum absolute atomic E-state index is 12.2. The van der Waals surface area contributed by atoms with Crippen molar-refractivity contribution in [2.75, 3.05) is 13.2 Å². The first-order valence-electron chi connectivity index (χ1n) is 8.82. The Balaban J connectivity index is 1.51. The van der Waals surface area contributed by atoms with Gasteiger partial charge in [0.25, 0.3) is 5.91 Å². The molecule has 3 aromatic carbocycles. The predicted molar refractivity (Wildman–Crippen MR) is 111 cm³/mol.